The number of hydrogen-bond donors (Lipinski definition) is 1. The van der Waals surface area contributed by atoms with Gasteiger partial charge in [-0.25, -0.2) is 9.18 Å². The standard InChI is InChI=1S/C16H19FN2O3/c1-10(22-13-5-3-4-12(17)8-13)9-19-14(20)16(2,11-6-7-11)18-15(19)21/h3-5,8,10-11H,6-7,9H2,1-2H3,(H,18,21). The molecule has 2 fully saturated rings. The van der Waals surface area contributed by atoms with Gasteiger partial charge in [0, 0.05) is 6.07 Å². The van der Waals surface area contributed by atoms with Crippen LogP contribution in [0.5, 0.6) is 5.75 Å². The molecule has 1 aromatic rings. The minimum Gasteiger partial charge on any atom is -0.489 e. The maximum Gasteiger partial charge on any atom is 0.325 e. The van der Waals surface area contributed by atoms with Crippen LogP contribution >= 0.6 is 0 Å². The second kappa shape index (κ2) is 5.26. The Labute approximate surface area is 128 Å². The lowest BCUT2D eigenvalue weighted by Gasteiger charge is -2.23. The number of ether oxygens (including phenoxy) is 1. The maximum atomic E-state index is 13.1. The molecule has 0 radical (unpaired) electrons. The summed E-state index contributed by atoms with van der Waals surface area (Å²) in [5, 5.41) is 2.79. The smallest absolute Gasteiger partial charge is 0.325 e. The van der Waals surface area contributed by atoms with Gasteiger partial charge in [0.25, 0.3) is 5.91 Å². The monoisotopic (exact) mass is 306 g/mol. The molecule has 22 heavy (non-hydrogen) atoms. The fourth-order valence-electron chi connectivity index (χ4n) is 2.89. The Balaban J connectivity index is 1.65. The Morgan fingerprint density at radius 1 is 1.45 bits per heavy atom. The van der Waals surface area contributed by atoms with Crippen molar-refractivity contribution in [3.05, 3.63) is 30.1 Å². The Kier molecular flexibility index (Phi) is 3.54. The predicted octanol–water partition coefficient (Wildman–Crippen LogP) is 2.31. The number of carbonyl (C=O) groups excluding carboxylic acids is 2. The molecule has 5 nitrogen and oxygen atoms in total. The van der Waals surface area contributed by atoms with Crippen molar-refractivity contribution >= 4 is 11.9 Å². The fraction of sp³-hybridized carbons (Fsp3) is 0.500. The van der Waals surface area contributed by atoms with E-state index >= 15 is 0 Å². The van der Waals surface area contributed by atoms with E-state index in [9.17, 15) is 14.0 Å². The first-order valence-electron chi connectivity index (χ1n) is 7.46. The maximum absolute atomic E-state index is 13.1. The average molecular weight is 306 g/mol. The highest BCUT2D eigenvalue weighted by Crippen LogP contribution is 2.42. The number of imide groups is 1. The van der Waals surface area contributed by atoms with Crippen molar-refractivity contribution in [2.24, 2.45) is 5.92 Å². The van der Waals surface area contributed by atoms with E-state index in [1.807, 2.05) is 0 Å². The van der Waals surface area contributed by atoms with Crippen molar-refractivity contribution in [1.29, 1.82) is 0 Å². The molecule has 1 saturated carbocycles. The highest BCUT2D eigenvalue weighted by molar-refractivity contribution is 6.07. The van der Waals surface area contributed by atoms with Gasteiger partial charge in [0.2, 0.25) is 0 Å². The van der Waals surface area contributed by atoms with Gasteiger partial charge in [-0.1, -0.05) is 6.07 Å². The number of carbonyl (C=O) groups is 2. The molecule has 1 N–H and O–H groups in total. The van der Waals surface area contributed by atoms with Crippen LogP contribution in [0.4, 0.5) is 9.18 Å². The molecule has 118 valence electrons. The fourth-order valence-corrected chi connectivity index (χ4v) is 2.89. The number of nitrogens with one attached hydrogen (secondary N) is 1. The molecule has 0 aromatic heterocycles. The summed E-state index contributed by atoms with van der Waals surface area (Å²) in [6.45, 7) is 3.67. The van der Waals surface area contributed by atoms with Crippen LogP contribution < -0.4 is 10.1 Å². The lowest BCUT2D eigenvalue weighted by Crippen LogP contribution is -2.46. The molecule has 6 heteroatoms. The molecule has 1 aromatic carbocycles. The van der Waals surface area contributed by atoms with Gasteiger partial charge in [0.15, 0.2) is 0 Å². The zero-order valence-electron chi connectivity index (χ0n) is 12.6. The van der Waals surface area contributed by atoms with Gasteiger partial charge in [-0.05, 0) is 44.7 Å². The number of halogens is 1. The summed E-state index contributed by atoms with van der Waals surface area (Å²) in [6, 6.07) is 5.41. The van der Waals surface area contributed by atoms with Gasteiger partial charge in [-0.3, -0.25) is 9.69 Å². The Morgan fingerprint density at radius 3 is 2.82 bits per heavy atom. The lowest BCUT2D eigenvalue weighted by molar-refractivity contribution is -0.132. The van der Waals surface area contributed by atoms with Gasteiger partial charge < -0.3 is 10.1 Å². The molecule has 3 amide bonds. The van der Waals surface area contributed by atoms with Gasteiger partial charge in [-0.2, -0.15) is 0 Å². The number of hydrogen-bond acceptors (Lipinski definition) is 3. The van der Waals surface area contributed by atoms with Crippen molar-refractivity contribution in [3.8, 4) is 5.75 Å². The van der Waals surface area contributed by atoms with E-state index in [1.165, 1.54) is 17.0 Å². The number of rotatable bonds is 5. The molecule has 3 rings (SSSR count). The number of urea groups is 1. The van der Waals surface area contributed by atoms with E-state index in [2.05, 4.69) is 5.32 Å². The normalized spacial score (nSPS) is 26.0. The Hall–Kier alpha value is -2.11. The van der Waals surface area contributed by atoms with Crippen LogP contribution in [0.3, 0.4) is 0 Å². The van der Waals surface area contributed by atoms with Crippen LogP contribution in [0.1, 0.15) is 26.7 Å². The van der Waals surface area contributed by atoms with E-state index < -0.39 is 11.6 Å². The van der Waals surface area contributed by atoms with Crippen LogP contribution in [-0.2, 0) is 4.79 Å². The molecule has 1 aliphatic heterocycles. The van der Waals surface area contributed by atoms with Crippen molar-refractivity contribution in [1.82, 2.24) is 10.2 Å². The van der Waals surface area contributed by atoms with Gasteiger partial charge in [-0.15, -0.1) is 0 Å². The molecular weight excluding hydrogens is 287 g/mol. The number of benzene rings is 1. The SMILES string of the molecule is CC(CN1C(=O)NC(C)(C2CC2)C1=O)Oc1cccc(F)c1. The van der Waals surface area contributed by atoms with Crippen LogP contribution in [0.15, 0.2) is 24.3 Å². The number of nitrogens with zero attached hydrogens (tertiary/aromatic N) is 1. The summed E-state index contributed by atoms with van der Waals surface area (Å²) >= 11 is 0. The van der Waals surface area contributed by atoms with Crippen molar-refractivity contribution in [2.45, 2.75) is 38.3 Å². The van der Waals surface area contributed by atoms with Crippen LogP contribution in [0, 0.1) is 11.7 Å². The van der Waals surface area contributed by atoms with Gasteiger partial charge >= 0.3 is 6.03 Å². The topological polar surface area (TPSA) is 58.6 Å². The Morgan fingerprint density at radius 2 is 2.18 bits per heavy atom. The first-order valence-corrected chi connectivity index (χ1v) is 7.46. The van der Waals surface area contributed by atoms with Crippen molar-refractivity contribution in [2.75, 3.05) is 6.54 Å². The van der Waals surface area contributed by atoms with E-state index in [1.54, 1.807) is 26.0 Å². The molecule has 1 heterocycles. The third-order valence-electron chi connectivity index (χ3n) is 4.27. The van der Waals surface area contributed by atoms with Crippen LogP contribution in [-0.4, -0.2) is 35.0 Å². The average Bonchev–Trinajstić information content (AvgIpc) is 3.25. The molecule has 2 atom stereocenters. The predicted molar refractivity (Wildman–Crippen MR) is 77.9 cm³/mol. The third-order valence-corrected chi connectivity index (χ3v) is 4.27. The van der Waals surface area contributed by atoms with Crippen LogP contribution in [0.2, 0.25) is 0 Å². The quantitative estimate of drug-likeness (QED) is 0.849. The van der Waals surface area contributed by atoms with E-state index in [0.717, 1.165) is 12.8 Å². The van der Waals surface area contributed by atoms with Gasteiger partial charge in [0.05, 0.1) is 6.54 Å². The molecule has 2 unspecified atom stereocenters. The van der Waals surface area contributed by atoms with Gasteiger partial charge in [0.1, 0.15) is 23.2 Å². The highest BCUT2D eigenvalue weighted by atomic mass is 19.1. The molecule has 2 aliphatic rings. The van der Waals surface area contributed by atoms with E-state index in [-0.39, 0.29) is 30.2 Å². The van der Waals surface area contributed by atoms with E-state index in [4.69, 9.17) is 4.74 Å². The Bertz CT molecular complexity index is 617. The summed E-state index contributed by atoms with van der Waals surface area (Å²) in [7, 11) is 0. The summed E-state index contributed by atoms with van der Waals surface area (Å²) < 4.78 is 18.7. The van der Waals surface area contributed by atoms with Crippen molar-refractivity contribution in [3.63, 3.8) is 0 Å². The molecule has 0 bridgehead atoms. The lowest BCUT2D eigenvalue weighted by atomic mass is 9.96. The van der Waals surface area contributed by atoms with E-state index in [0.29, 0.717) is 5.75 Å². The number of amides is 3. The van der Waals surface area contributed by atoms with Crippen molar-refractivity contribution < 1.29 is 18.7 Å². The second-order valence-corrected chi connectivity index (χ2v) is 6.21. The third kappa shape index (κ3) is 2.65. The first kappa shape index (κ1) is 14.8. The molecular formula is C16H19FN2O3. The van der Waals surface area contributed by atoms with Crippen LogP contribution in [0.25, 0.3) is 0 Å². The summed E-state index contributed by atoms with van der Waals surface area (Å²) in [5.41, 5.74) is -0.782. The zero-order chi connectivity index (χ0) is 15.9. The summed E-state index contributed by atoms with van der Waals surface area (Å²) in [6.07, 6.45) is 1.51. The second-order valence-electron chi connectivity index (χ2n) is 6.21. The summed E-state index contributed by atoms with van der Waals surface area (Å²) in [4.78, 5) is 25.7. The molecule has 1 saturated heterocycles. The zero-order valence-corrected chi connectivity index (χ0v) is 12.6. The largest absolute Gasteiger partial charge is 0.489 e. The molecule has 1 aliphatic carbocycles. The first-order chi connectivity index (χ1) is 10.4. The minimum absolute atomic E-state index is 0.142. The minimum atomic E-state index is -0.782. The molecule has 0 spiro atoms. The highest BCUT2D eigenvalue weighted by Gasteiger charge is 2.56. The summed E-state index contributed by atoms with van der Waals surface area (Å²) in [5.74, 6) is 0.0218.